The molecule has 1 N–H and O–H groups in total. The molecular formula is C14H20BrN3. The van der Waals surface area contributed by atoms with Crippen molar-refractivity contribution >= 4 is 21.7 Å². The fraction of sp³-hybridized carbons (Fsp3) is 0.714. The molecule has 1 aromatic rings. The monoisotopic (exact) mass is 309 g/mol. The average molecular weight is 310 g/mol. The maximum absolute atomic E-state index is 4.61. The Morgan fingerprint density at radius 3 is 2.67 bits per heavy atom. The zero-order valence-corrected chi connectivity index (χ0v) is 12.2. The van der Waals surface area contributed by atoms with Gasteiger partial charge in [-0.05, 0) is 41.1 Å². The summed E-state index contributed by atoms with van der Waals surface area (Å²) >= 11 is 3.48. The number of anilines is 1. The van der Waals surface area contributed by atoms with Crippen molar-refractivity contribution in [3.05, 3.63) is 16.5 Å². The predicted octanol–water partition coefficient (Wildman–Crippen LogP) is 4.11. The Hall–Kier alpha value is -0.640. The Kier molecular flexibility index (Phi) is 3.83. The molecule has 0 atom stereocenters. The highest BCUT2D eigenvalue weighted by Crippen LogP contribution is 2.38. The lowest BCUT2D eigenvalue weighted by Crippen LogP contribution is -2.09. The third kappa shape index (κ3) is 3.22. The number of nitrogens with zero attached hydrogens (tertiary/aromatic N) is 2. The third-order valence-electron chi connectivity index (χ3n) is 3.99. The highest BCUT2D eigenvalue weighted by molar-refractivity contribution is 9.10. The molecule has 4 heteroatoms. The molecule has 2 aliphatic carbocycles. The van der Waals surface area contributed by atoms with Gasteiger partial charge in [0.1, 0.15) is 16.2 Å². The Bertz CT molecular complexity index is 412. The molecule has 0 bridgehead atoms. The summed E-state index contributed by atoms with van der Waals surface area (Å²) in [4.78, 5) is 9.05. The van der Waals surface area contributed by atoms with E-state index in [9.17, 15) is 0 Å². The molecule has 2 fully saturated rings. The number of hydrogen-bond donors (Lipinski definition) is 1. The first-order valence-electron chi connectivity index (χ1n) is 7.09. The van der Waals surface area contributed by atoms with E-state index in [2.05, 4.69) is 31.2 Å². The van der Waals surface area contributed by atoms with Crippen molar-refractivity contribution in [3.63, 3.8) is 0 Å². The third-order valence-corrected chi connectivity index (χ3v) is 4.39. The van der Waals surface area contributed by atoms with Crippen molar-refractivity contribution in [1.82, 2.24) is 9.97 Å². The van der Waals surface area contributed by atoms with E-state index in [0.29, 0.717) is 5.92 Å². The quantitative estimate of drug-likeness (QED) is 0.832. The van der Waals surface area contributed by atoms with Crippen LogP contribution in [0, 0.1) is 5.92 Å². The molecule has 0 unspecified atom stereocenters. The van der Waals surface area contributed by atoms with Gasteiger partial charge in [-0.2, -0.15) is 0 Å². The van der Waals surface area contributed by atoms with Crippen LogP contribution in [0.2, 0.25) is 0 Å². The summed E-state index contributed by atoms with van der Waals surface area (Å²) in [6.45, 7) is 1.04. The Balaban J connectivity index is 1.54. The van der Waals surface area contributed by atoms with E-state index < -0.39 is 0 Å². The molecule has 3 rings (SSSR count). The van der Waals surface area contributed by atoms with Gasteiger partial charge in [0.2, 0.25) is 0 Å². The van der Waals surface area contributed by atoms with Crippen molar-refractivity contribution in [2.24, 2.45) is 5.92 Å². The van der Waals surface area contributed by atoms with Crippen LogP contribution in [0.25, 0.3) is 0 Å². The van der Waals surface area contributed by atoms with Gasteiger partial charge in [-0.1, -0.05) is 25.7 Å². The first-order valence-corrected chi connectivity index (χ1v) is 7.89. The van der Waals surface area contributed by atoms with Crippen LogP contribution < -0.4 is 5.32 Å². The fourth-order valence-corrected chi connectivity index (χ4v) is 3.15. The largest absolute Gasteiger partial charge is 0.370 e. The Morgan fingerprint density at radius 2 is 1.94 bits per heavy atom. The zero-order chi connectivity index (χ0) is 12.4. The maximum atomic E-state index is 4.61. The Morgan fingerprint density at radius 1 is 1.17 bits per heavy atom. The first-order chi connectivity index (χ1) is 8.81. The van der Waals surface area contributed by atoms with Gasteiger partial charge in [0, 0.05) is 18.5 Å². The average Bonchev–Trinajstić information content (AvgIpc) is 3.08. The number of rotatable bonds is 5. The summed E-state index contributed by atoms with van der Waals surface area (Å²) in [5, 5.41) is 3.45. The number of hydrogen-bond acceptors (Lipinski definition) is 3. The molecule has 3 nitrogen and oxygen atoms in total. The molecule has 2 saturated carbocycles. The SMILES string of the molecule is Brc1cc(NCCC2CCCC2)nc(C2CC2)n1. The molecule has 18 heavy (non-hydrogen) atoms. The van der Waals surface area contributed by atoms with E-state index >= 15 is 0 Å². The molecule has 1 heterocycles. The van der Waals surface area contributed by atoms with Gasteiger partial charge in [-0.15, -0.1) is 0 Å². The molecule has 0 spiro atoms. The summed E-state index contributed by atoms with van der Waals surface area (Å²) in [5.41, 5.74) is 0. The van der Waals surface area contributed by atoms with Gasteiger partial charge in [-0.3, -0.25) is 0 Å². The normalized spacial score (nSPS) is 20.3. The lowest BCUT2D eigenvalue weighted by Gasteiger charge is -2.11. The van der Waals surface area contributed by atoms with E-state index in [-0.39, 0.29) is 0 Å². The smallest absolute Gasteiger partial charge is 0.135 e. The summed E-state index contributed by atoms with van der Waals surface area (Å²) in [7, 11) is 0. The van der Waals surface area contributed by atoms with Crippen LogP contribution in [0.3, 0.4) is 0 Å². The predicted molar refractivity (Wildman–Crippen MR) is 76.8 cm³/mol. The number of aromatic nitrogens is 2. The maximum Gasteiger partial charge on any atom is 0.135 e. The summed E-state index contributed by atoms with van der Waals surface area (Å²) in [6, 6.07) is 1.99. The van der Waals surface area contributed by atoms with Gasteiger partial charge in [-0.25, -0.2) is 9.97 Å². The second-order valence-corrected chi connectivity index (χ2v) is 6.39. The van der Waals surface area contributed by atoms with Crippen LogP contribution in [0.4, 0.5) is 5.82 Å². The van der Waals surface area contributed by atoms with Crippen molar-refractivity contribution in [2.75, 3.05) is 11.9 Å². The Labute approximate surface area is 117 Å². The highest BCUT2D eigenvalue weighted by Gasteiger charge is 2.27. The first kappa shape index (κ1) is 12.4. The molecular weight excluding hydrogens is 290 g/mol. The summed E-state index contributed by atoms with van der Waals surface area (Å²) in [6.07, 6.45) is 9.46. The topological polar surface area (TPSA) is 37.8 Å². The van der Waals surface area contributed by atoms with Crippen LogP contribution in [-0.2, 0) is 0 Å². The van der Waals surface area contributed by atoms with Crippen molar-refractivity contribution < 1.29 is 0 Å². The van der Waals surface area contributed by atoms with Gasteiger partial charge < -0.3 is 5.32 Å². The number of nitrogens with one attached hydrogen (secondary N) is 1. The lowest BCUT2D eigenvalue weighted by molar-refractivity contribution is 0.518. The molecule has 0 amide bonds. The fourth-order valence-electron chi connectivity index (χ4n) is 2.75. The number of halogens is 1. The standard InChI is InChI=1S/C14H20BrN3/c15-12-9-13(18-14(17-12)11-5-6-11)16-8-7-10-3-1-2-4-10/h9-11H,1-8H2,(H,16,17,18). The van der Waals surface area contributed by atoms with Crippen LogP contribution >= 0.6 is 15.9 Å². The van der Waals surface area contributed by atoms with Gasteiger partial charge >= 0.3 is 0 Å². The minimum Gasteiger partial charge on any atom is -0.370 e. The second-order valence-electron chi connectivity index (χ2n) is 5.57. The van der Waals surface area contributed by atoms with Gasteiger partial charge in [0.05, 0.1) is 0 Å². The zero-order valence-electron chi connectivity index (χ0n) is 10.7. The van der Waals surface area contributed by atoms with Crippen LogP contribution in [-0.4, -0.2) is 16.5 Å². The van der Waals surface area contributed by atoms with Crippen LogP contribution in [0.1, 0.15) is 56.7 Å². The highest BCUT2D eigenvalue weighted by atomic mass is 79.9. The van der Waals surface area contributed by atoms with Crippen molar-refractivity contribution in [2.45, 2.75) is 50.9 Å². The molecule has 2 aliphatic rings. The summed E-state index contributed by atoms with van der Waals surface area (Å²) < 4.78 is 0.905. The molecule has 0 aromatic carbocycles. The van der Waals surface area contributed by atoms with E-state index in [4.69, 9.17) is 0 Å². The molecule has 0 radical (unpaired) electrons. The van der Waals surface area contributed by atoms with E-state index in [1.807, 2.05) is 6.07 Å². The van der Waals surface area contributed by atoms with E-state index in [0.717, 1.165) is 28.7 Å². The van der Waals surface area contributed by atoms with Crippen molar-refractivity contribution in [3.8, 4) is 0 Å². The van der Waals surface area contributed by atoms with Crippen LogP contribution in [0.5, 0.6) is 0 Å². The van der Waals surface area contributed by atoms with Gasteiger partial charge in [0.25, 0.3) is 0 Å². The molecule has 1 aromatic heterocycles. The summed E-state index contributed by atoms with van der Waals surface area (Å²) in [5.74, 6) is 3.54. The molecule has 0 saturated heterocycles. The molecule has 0 aliphatic heterocycles. The second kappa shape index (κ2) is 5.55. The molecule has 98 valence electrons. The lowest BCUT2D eigenvalue weighted by atomic mass is 10.0. The minimum atomic E-state index is 0.609. The van der Waals surface area contributed by atoms with Crippen LogP contribution in [0.15, 0.2) is 10.7 Å². The van der Waals surface area contributed by atoms with Crippen molar-refractivity contribution in [1.29, 1.82) is 0 Å². The minimum absolute atomic E-state index is 0.609. The van der Waals surface area contributed by atoms with E-state index in [1.54, 1.807) is 0 Å². The van der Waals surface area contributed by atoms with Gasteiger partial charge in [0.15, 0.2) is 0 Å². The van der Waals surface area contributed by atoms with E-state index in [1.165, 1.54) is 44.9 Å².